The average molecular weight is 292 g/mol. The minimum absolute atomic E-state index is 0.296. The van der Waals surface area contributed by atoms with Gasteiger partial charge in [0.15, 0.2) is 0 Å². The van der Waals surface area contributed by atoms with E-state index in [2.05, 4.69) is 10.0 Å². The molecule has 2 N–H and O–H groups in total. The minimum atomic E-state index is -3.47. The van der Waals surface area contributed by atoms with Crippen LogP contribution in [0.15, 0.2) is 45.9 Å². The van der Waals surface area contributed by atoms with Crippen molar-refractivity contribution in [1.82, 2.24) is 4.72 Å². The molecule has 0 spiro atoms. The van der Waals surface area contributed by atoms with Crippen molar-refractivity contribution in [2.45, 2.75) is 17.7 Å². The largest absolute Gasteiger partial charge is 0.469 e. The highest BCUT2D eigenvalue weighted by Gasteiger charge is 2.17. The Bertz CT molecular complexity index is 693. The van der Waals surface area contributed by atoms with Gasteiger partial charge in [0.25, 0.3) is 0 Å². The SMILES string of the molecule is O=S(=O)(NCCc1ccco1)c1ccc2c(c1)NCC2. The summed E-state index contributed by atoms with van der Waals surface area (Å²) in [6, 6.07) is 8.83. The van der Waals surface area contributed by atoms with E-state index >= 15 is 0 Å². The van der Waals surface area contributed by atoms with Crippen molar-refractivity contribution in [2.75, 3.05) is 18.4 Å². The van der Waals surface area contributed by atoms with Gasteiger partial charge in [0.1, 0.15) is 5.76 Å². The third kappa shape index (κ3) is 2.71. The molecule has 0 saturated heterocycles. The maximum absolute atomic E-state index is 12.2. The van der Waals surface area contributed by atoms with Crippen molar-refractivity contribution >= 4 is 15.7 Å². The number of hydrogen-bond acceptors (Lipinski definition) is 4. The van der Waals surface area contributed by atoms with E-state index in [1.165, 1.54) is 5.56 Å². The average Bonchev–Trinajstić information content (AvgIpc) is 3.08. The number of furan rings is 1. The Hall–Kier alpha value is -1.79. The molecule has 2 aromatic rings. The monoisotopic (exact) mass is 292 g/mol. The smallest absolute Gasteiger partial charge is 0.240 e. The number of sulfonamides is 1. The van der Waals surface area contributed by atoms with Crippen LogP contribution in [-0.2, 0) is 22.9 Å². The highest BCUT2D eigenvalue weighted by molar-refractivity contribution is 7.89. The molecule has 6 heteroatoms. The van der Waals surface area contributed by atoms with Gasteiger partial charge in [0.05, 0.1) is 11.2 Å². The Morgan fingerprint density at radius 2 is 2.20 bits per heavy atom. The van der Waals surface area contributed by atoms with Crippen LogP contribution < -0.4 is 10.0 Å². The molecule has 20 heavy (non-hydrogen) atoms. The van der Waals surface area contributed by atoms with E-state index in [0.29, 0.717) is 17.9 Å². The molecule has 1 aliphatic heterocycles. The lowest BCUT2D eigenvalue weighted by molar-refractivity contribution is 0.506. The highest BCUT2D eigenvalue weighted by Crippen LogP contribution is 2.25. The first-order chi connectivity index (χ1) is 9.65. The van der Waals surface area contributed by atoms with Crippen LogP contribution in [0.5, 0.6) is 0 Å². The number of hydrogen-bond donors (Lipinski definition) is 2. The number of benzene rings is 1. The zero-order chi connectivity index (χ0) is 14.0. The minimum Gasteiger partial charge on any atom is -0.469 e. The van der Waals surface area contributed by atoms with Crippen LogP contribution in [0.3, 0.4) is 0 Å². The lowest BCUT2D eigenvalue weighted by Crippen LogP contribution is -2.26. The van der Waals surface area contributed by atoms with Crippen LogP contribution in [0.25, 0.3) is 0 Å². The zero-order valence-corrected chi connectivity index (χ0v) is 11.7. The van der Waals surface area contributed by atoms with Crippen LogP contribution in [-0.4, -0.2) is 21.5 Å². The Balaban J connectivity index is 1.68. The van der Waals surface area contributed by atoms with Crippen molar-refractivity contribution in [1.29, 1.82) is 0 Å². The second kappa shape index (κ2) is 5.30. The molecular weight excluding hydrogens is 276 g/mol. The third-order valence-electron chi connectivity index (χ3n) is 3.35. The summed E-state index contributed by atoms with van der Waals surface area (Å²) in [6.07, 6.45) is 3.06. The van der Waals surface area contributed by atoms with Crippen molar-refractivity contribution in [3.63, 3.8) is 0 Å². The predicted octanol–water partition coefficient (Wildman–Crippen LogP) is 1.77. The molecule has 0 radical (unpaired) electrons. The van der Waals surface area contributed by atoms with Crippen molar-refractivity contribution < 1.29 is 12.8 Å². The second-order valence-corrected chi connectivity index (χ2v) is 6.49. The van der Waals surface area contributed by atoms with Crippen LogP contribution >= 0.6 is 0 Å². The van der Waals surface area contributed by atoms with Gasteiger partial charge in [-0.25, -0.2) is 13.1 Å². The molecule has 0 amide bonds. The first-order valence-electron chi connectivity index (χ1n) is 6.54. The van der Waals surface area contributed by atoms with Crippen molar-refractivity contribution in [3.05, 3.63) is 47.9 Å². The molecule has 106 valence electrons. The van der Waals surface area contributed by atoms with Gasteiger partial charge in [-0.3, -0.25) is 0 Å². The number of rotatable bonds is 5. The topological polar surface area (TPSA) is 71.3 Å². The molecule has 0 aliphatic carbocycles. The van der Waals surface area contributed by atoms with Gasteiger partial charge in [0, 0.05) is 25.2 Å². The van der Waals surface area contributed by atoms with E-state index in [9.17, 15) is 8.42 Å². The molecule has 2 heterocycles. The number of nitrogens with one attached hydrogen (secondary N) is 2. The summed E-state index contributed by atoms with van der Waals surface area (Å²) < 4.78 is 32.1. The van der Waals surface area contributed by atoms with Gasteiger partial charge in [-0.15, -0.1) is 0 Å². The number of anilines is 1. The van der Waals surface area contributed by atoms with Gasteiger partial charge in [0.2, 0.25) is 10.0 Å². The lowest BCUT2D eigenvalue weighted by atomic mass is 10.2. The van der Waals surface area contributed by atoms with Crippen LogP contribution in [0.1, 0.15) is 11.3 Å². The standard InChI is InChI=1S/C14H16N2O3S/c17-20(18,16-8-6-12-2-1-9-19-12)13-4-3-11-5-7-15-14(11)10-13/h1-4,9-10,15-16H,5-8H2. The molecule has 0 fully saturated rings. The summed E-state index contributed by atoms with van der Waals surface area (Å²) in [5, 5.41) is 3.18. The van der Waals surface area contributed by atoms with E-state index in [0.717, 1.165) is 24.4 Å². The van der Waals surface area contributed by atoms with E-state index < -0.39 is 10.0 Å². The van der Waals surface area contributed by atoms with E-state index in [4.69, 9.17) is 4.42 Å². The third-order valence-corrected chi connectivity index (χ3v) is 4.80. The summed E-state index contributed by atoms with van der Waals surface area (Å²) in [7, 11) is -3.47. The fourth-order valence-electron chi connectivity index (χ4n) is 2.28. The Labute approximate surface area is 118 Å². The normalized spacial score (nSPS) is 14.0. The summed E-state index contributed by atoms with van der Waals surface area (Å²) in [6.45, 7) is 1.19. The quantitative estimate of drug-likeness (QED) is 0.881. The molecule has 1 aromatic heterocycles. The molecule has 0 bridgehead atoms. The molecule has 1 aliphatic rings. The van der Waals surface area contributed by atoms with Crippen LogP contribution in [0.2, 0.25) is 0 Å². The van der Waals surface area contributed by atoms with E-state index in [-0.39, 0.29) is 0 Å². The maximum Gasteiger partial charge on any atom is 0.240 e. The van der Waals surface area contributed by atoms with Gasteiger partial charge < -0.3 is 9.73 Å². The molecule has 5 nitrogen and oxygen atoms in total. The maximum atomic E-state index is 12.2. The zero-order valence-electron chi connectivity index (χ0n) is 10.9. The van der Waals surface area contributed by atoms with E-state index in [1.54, 1.807) is 24.5 Å². The summed E-state index contributed by atoms with van der Waals surface area (Å²) in [4.78, 5) is 0.296. The van der Waals surface area contributed by atoms with Crippen molar-refractivity contribution in [2.24, 2.45) is 0 Å². The highest BCUT2D eigenvalue weighted by atomic mass is 32.2. The molecule has 1 aromatic carbocycles. The molecular formula is C14H16N2O3S. The first-order valence-corrected chi connectivity index (χ1v) is 8.02. The van der Waals surface area contributed by atoms with Gasteiger partial charge in [-0.05, 0) is 36.2 Å². The second-order valence-electron chi connectivity index (χ2n) is 4.72. The Kier molecular flexibility index (Phi) is 3.50. The Morgan fingerprint density at radius 1 is 1.30 bits per heavy atom. The summed E-state index contributed by atoms with van der Waals surface area (Å²) in [5.74, 6) is 0.767. The lowest BCUT2D eigenvalue weighted by Gasteiger charge is -2.08. The van der Waals surface area contributed by atoms with Gasteiger partial charge in [-0.1, -0.05) is 6.07 Å². The number of fused-ring (bicyclic) bond motifs is 1. The van der Waals surface area contributed by atoms with Crippen molar-refractivity contribution in [3.8, 4) is 0 Å². The first kappa shape index (κ1) is 13.2. The fraction of sp³-hybridized carbons (Fsp3) is 0.286. The Morgan fingerprint density at radius 3 is 3.00 bits per heavy atom. The van der Waals surface area contributed by atoms with Crippen LogP contribution in [0.4, 0.5) is 5.69 Å². The predicted molar refractivity (Wildman–Crippen MR) is 76.2 cm³/mol. The molecule has 0 atom stereocenters. The summed E-state index contributed by atoms with van der Waals surface area (Å²) in [5.41, 5.74) is 2.08. The van der Waals surface area contributed by atoms with Gasteiger partial charge in [-0.2, -0.15) is 0 Å². The van der Waals surface area contributed by atoms with Gasteiger partial charge >= 0.3 is 0 Å². The molecule has 0 saturated carbocycles. The fourth-order valence-corrected chi connectivity index (χ4v) is 3.34. The summed E-state index contributed by atoms with van der Waals surface area (Å²) >= 11 is 0. The van der Waals surface area contributed by atoms with Crippen LogP contribution in [0, 0.1) is 0 Å². The molecule has 3 rings (SSSR count). The van der Waals surface area contributed by atoms with E-state index in [1.807, 2.05) is 12.1 Å². The molecule has 0 unspecified atom stereocenters.